The minimum absolute atomic E-state index is 0.948. The van der Waals surface area contributed by atoms with Gasteiger partial charge in [0.1, 0.15) is 0 Å². The highest BCUT2D eigenvalue weighted by molar-refractivity contribution is 9.09. The lowest BCUT2D eigenvalue weighted by Gasteiger charge is -2.01. The van der Waals surface area contributed by atoms with Crippen molar-refractivity contribution in [3.8, 4) is 0 Å². The molecule has 0 atom stereocenters. The number of rotatable bonds is 6. The quantitative estimate of drug-likeness (QED) is 0.442. The van der Waals surface area contributed by atoms with E-state index in [9.17, 15) is 0 Å². The molecule has 3 aromatic rings. The largest absolute Gasteiger partial charge is 0.260 e. The van der Waals surface area contributed by atoms with E-state index < -0.39 is 0 Å². The molecule has 102 valence electrons. The maximum atomic E-state index is 4.35. The summed E-state index contributed by atoms with van der Waals surface area (Å²) in [6, 6.07) is 12.6. The van der Waals surface area contributed by atoms with E-state index in [1.807, 2.05) is 55.3 Å². The van der Waals surface area contributed by atoms with Crippen molar-refractivity contribution in [2.75, 3.05) is 0 Å². The van der Waals surface area contributed by atoms with Gasteiger partial charge in [0.25, 0.3) is 0 Å². The van der Waals surface area contributed by atoms with E-state index in [-0.39, 0.29) is 0 Å². The second kappa shape index (κ2) is 7.36. The van der Waals surface area contributed by atoms with Gasteiger partial charge in [0, 0.05) is 17.7 Å². The van der Waals surface area contributed by atoms with Crippen LogP contribution in [-0.2, 0) is 11.5 Å². The fourth-order valence-corrected chi connectivity index (χ4v) is 5.86. The van der Waals surface area contributed by atoms with E-state index in [0.717, 1.165) is 22.7 Å². The van der Waals surface area contributed by atoms with Gasteiger partial charge in [0.15, 0.2) is 0 Å². The smallest absolute Gasteiger partial charge is 0.0815 e. The molecular formula is C14H12N2S4. The molecule has 0 fully saturated rings. The van der Waals surface area contributed by atoms with Gasteiger partial charge in [-0.25, -0.2) is 4.98 Å². The minimum Gasteiger partial charge on any atom is -0.260 e. The standard InChI is InChI=1S/C14H12N2S4/c1-2-6-15-12(3-1)9-19-20-18-8-11-4-5-14-13(7-11)16-10-17-14/h1-7,10H,8-9H2. The number of aromatic nitrogens is 2. The topological polar surface area (TPSA) is 25.8 Å². The number of benzene rings is 1. The molecular weight excluding hydrogens is 324 g/mol. The summed E-state index contributed by atoms with van der Waals surface area (Å²) in [5.74, 6) is 1.96. The minimum atomic E-state index is 0.948. The molecule has 0 aliphatic carbocycles. The molecule has 6 heteroatoms. The summed E-state index contributed by atoms with van der Waals surface area (Å²) in [6.07, 6.45) is 1.84. The first-order valence-corrected chi connectivity index (χ1v) is 10.7. The summed E-state index contributed by atoms with van der Waals surface area (Å²) in [5, 5.41) is 0. The van der Waals surface area contributed by atoms with Crippen molar-refractivity contribution in [2.45, 2.75) is 11.5 Å². The van der Waals surface area contributed by atoms with Gasteiger partial charge in [0.2, 0.25) is 0 Å². The number of hydrogen-bond donors (Lipinski definition) is 0. The molecule has 0 saturated heterocycles. The van der Waals surface area contributed by atoms with Crippen LogP contribution in [-0.4, -0.2) is 9.97 Å². The summed E-state index contributed by atoms with van der Waals surface area (Å²) in [6.45, 7) is 0. The third kappa shape index (κ3) is 3.91. The predicted octanol–water partition coefficient (Wildman–Crippen LogP) is 5.42. The van der Waals surface area contributed by atoms with Crippen LogP contribution in [0.1, 0.15) is 11.3 Å². The Morgan fingerprint density at radius 1 is 1.00 bits per heavy atom. The first kappa shape index (κ1) is 14.3. The highest BCUT2D eigenvalue weighted by atomic mass is 33.5. The molecule has 0 aliphatic heterocycles. The maximum Gasteiger partial charge on any atom is 0.0815 e. The molecule has 0 spiro atoms. The molecule has 2 nitrogen and oxygen atoms in total. The highest BCUT2D eigenvalue weighted by Gasteiger charge is 2.00. The van der Waals surface area contributed by atoms with Crippen molar-refractivity contribution in [3.63, 3.8) is 0 Å². The summed E-state index contributed by atoms with van der Waals surface area (Å²) >= 11 is 1.69. The average molecular weight is 337 g/mol. The average Bonchev–Trinajstić information content (AvgIpc) is 2.95. The molecule has 0 bridgehead atoms. The zero-order chi connectivity index (χ0) is 13.6. The van der Waals surface area contributed by atoms with E-state index in [1.165, 1.54) is 10.3 Å². The molecule has 20 heavy (non-hydrogen) atoms. The Bertz CT molecular complexity index is 669. The number of thiazole rings is 1. The molecule has 1 aromatic carbocycles. The van der Waals surface area contributed by atoms with E-state index >= 15 is 0 Å². The highest BCUT2D eigenvalue weighted by Crippen LogP contribution is 2.38. The number of fused-ring (bicyclic) bond motifs is 1. The Labute approximate surface area is 133 Å². The third-order valence-corrected chi connectivity index (χ3v) is 7.53. The molecule has 0 saturated carbocycles. The summed E-state index contributed by atoms with van der Waals surface area (Å²) in [5.41, 5.74) is 5.48. The van der Waals surface area contributed by atoms with Gasteiger partial charge >= 0.3 is 0 Å². The second-order valence-corrected chi connectivity index (χ2v) is 9.19. The van der Waals surface area contributed by atoms with Gasteiger partial charge < -0.3 is 0 Å². The van der Waals surface area contributed by atoms with Gasteiger partial charge in [-0.1, -0.05) is 33.7 Å². The lowest BCUT2D eigenvalue weighted by atomic mass is 10.2. The van der Waals surface area contributed by atoms with Crippen LogP contribution in [0, 0.1) is 0 Å². The molecule has 3 rings (SSSR count). The zero-order valence-electron chi connectivity index (χ0n) is 10.6. The van der Waals surface area contributed by atoms with Crippen LogP contribution in [0.5, 0.6) is 0 Å². The fourth-order valence-electron chi connectivity index (χ4n) is 1.69. The SMILES string of the molecule is c1ccc(CSSSCc2ccc3scnc3c2)nc1. The Morgan fingerprint density at radius 2 is 1.95 bits per heavy atom. The van der Waals surface area contributed by atoms with Crippen LogP contribution in [0.4, 0.5) is 0 Å². The van der Waals surface area contributed by atoms with Crippen molar-refractivity contribution in [2.24, 2.45) is 0 Å². The zero-order valence-corrected chi connectivity index (χ0v) is 13.8. The van der Waals surface area contributed by atoms with Crippen LogP contribution in [0.25, 0.3) is 10.2 Å². The molecule has 0 unspecified atom stereocenters. The van der Waals surface area contributed by atoms with Gasteiger partial charge in [-0.2, -0.15) is 0 Å². The Kier molecular flexibility index (Phi) is 5.24. The molecule has 2 aromatic heterocycles. The van der Waals surface area contributed by atoms with Crippen molar-refractivity contribution in [1.82, 2.24) is 9.97 Å². The normalized spacial score (nSPS) is 11.0. The van der Waals surface area contributed by atoms with Crippen molar-refractivity contribution in [1.29, 1.82) is 0 Å². The fraction of sp³-hybridized carbons (Fsp3) is 0.143. The second-order valence-electron chi connectivity index (χ2n) is 4.07. The van der Waals surface area contributed by atoms with E-state index in [1.54, 1.807) is 11.3 Å². The first-order chi connectivity index (χ1) is 9.92. The molecule has 0 N–H and O–H groups in total. The Hall–Kier alpha value is -0.690. The summed E-state index contributed by atoms with van der Waals surface area (Å²) in [4.78, 5) is 8.66. The van der Waals surface area contributed by atoms with Crippen LogP contribution in [0.2, 0.25) is 0 Å². The maximum absolute atomic E-state index is 4.35. The number of pyridine rings is 1. The molecule has 0 aliphatic rings. The monoisotopic (exact) mass is 336 g/mol. The van der Waals surface area contributed by atoms with Crippen molar-refractivity contribution >= 4 is 53.0 Å². The summed E-state index contributed by atoms with van der Waals surface area (Å²) in [7, 11) is 5.52. The third-order valence-electron chi connectivity index (χ3n) is 2.65. The molecule has 0 amide bonds. The Balaban J connectivity index is 1.43. The van der Waals surface area contributed by atoms with E-state index in [2.05, 4.69) is 34.2 Å². The summed E-state index contributed by atoms with van der Waals surface area (Å²) < 4.78 is 1.26. The van der Waals surface area contributed by atoms with Crippen molar-refractivity contribution in [3.05, 3.63) is 59.4 Å². The van der Waals surface area contributed by atoms with E-state index in [4.69, 9.17) is 0 Å². The number of nitrogens with zero attached hydrogens (tertiary/aromatic N) is 2. The van der Waals surface area contributed by atoms with Gasteiger partial charge in [-0.3, -0.25) is 4.98 Å². The lowest BCUT2D eigenvalue weighted by molar-refractivity contribution is 1.18. The van der Waals surface area contributed by atoms with E-state index in [0.29, 0.717) is 0 Å². The van der Waals surface area contributed by atoms with Crippen LogP contribution < -0.4 is 0 Å². The number of hydrogen-bond acceptors (Lipinski definition) is 6. The van der Waals surface area contributed by atoms with Gasteiger partial charge in [-0.05, 0) is 39.7 Å². The Morgan fingerprint density at radius 3 is 2.85 bits per heavy atom. The first-order valence-electron chi connectivity index (χ1n) is 6.05. The molecule has 0 radical (unpaired) electrons. The predicted molar refractivity (Wildman–Crippen MR) is 94.0 cm³/mol. The van der Waals surface area contributed by atoms with Crippen LogP contribution >= 0.6 is 42.8 Å². The van der Waals surface area contributed by atoms with Crippen LogP contribution in [0.15, 0.2) is 48.1 Å². The van der Waals surface area contributed by atoms with Crippen molar-refractivity contribution < 1.29 is 0 Å². The van der Waals surface area contributed by atoms with Gasteiger partial charge in [0.05, 0.1) is 21.4 Å². The van der Waals surface area contributed by atoms with Gasteiger partial charge in [-0.15, -0.1) is 11.3 Å². The van der Waals surface area contributed by atoms with Crippen LogP contribution in [0.3, 0.4) is 0 Å². The molecule has 2 heterocycles. The lowest BCUT2D eigenvalue weighted by Crippen LogP contribution is -1.82.